The van der Waals surface area contributed by atoms with Gasteiger partial charge in [0.15, 0.2) is 0 Å². The van der Waals surface area contributed by atoms with E-state index in [4.69, 9.17) is 4.84 Å². The molecule has 0 bridgehead atoms. The molecule has 0 N–H and O–H groups in total. The molecule has 3 heterocycles. The Kier molecular flexibility index (Phi) is 3.60. The monoisotopic (exact) mass is 385 g/mol. The van der Waals surface area contributed by atoms with Crippen LogP contribution in [0.5, 0.6) is 0 Å². The van der Waals surface area contributed by atoms with E-state index in [0.717, 1.165) is 15.9 Å². The summed E-state index contributed by atoms with van der Waals surface area (Å²) in [4.78, 5) is 66.5. The third kappa shape index (κ3) is 2.34. The van der Waals surface area contributed by atoms with Crippen LogP contribution in [0.4, 0.5) is 0 Å². The number of aryl methyl sites for hydroxylation is 1. The number of hydrogen-bond donors (Lipinski definition) is 0. The average Bonchev–Trinajstić information content (AvgIpc) is 3.21. The number of aromatic nitrogens is 2. The van der Waals surface area contributed by atoms with Gasteiger partial charge in [-0.15, -0.1) is 11.3 Å². The molecule has 0 spiro atoms. The smallest absolute Gasteiger partial charge is 0.323 e. The fourth-order valence-electron chi connectivity index (χ4n) is 2.84. The van der Waals surface area contributed by atoms with Crippen molar-refractivity contribution in [3.8, 4) is 0 Å². The van der Waals surface area contributed by atoms with Crippen molar-refractivity contribution in [1.82, 2.24) is 14.2 Å². The molecule has 0 saturated heterocycles. The van der Waals surface area contributed by atoms with E-state index >= 15 is 0 Å². The summed E-state index contributed by atoms with van der Waals surface area (Å²) in [7, 11) is 2.80. The topological polar surface area (TPSA) is 108 Å². The van der Waals surface area contributed by atoms with Gasteiger partial charge < -0.3 is 4.84 Å². The Hall–Kier alpha value is -3.53. The third-order valence-electron chi connectivity index (χ3n) is 4.26. The summed E-state index contributed by atoms with van der Waals surface area (Å²) in [6, 6.07) is 7.39. The van der Waals surface area contributed by atoms with E-state index in [2.05, 4.69) is 0 Å². The zero-order valence-corrected chi connectivity index (χ0v) is 14.9. The van der Waals surface area contributed by atoms with Crippen LogP contribution in [0, 0.1) is 0 Å². The van der Waals surface area contributed by atoms with E-state index in [-0.39, 0.29) is 26.2 Å². The van der Waals surface area contributed by atoms with Gasteiger partial charge in [0.1, 0.15) is 9.71 Å². The molecule has 3 aromatic rings. The summed E-state index contributed by atoms with van der Waals surface area (Å²) in [6.45, 7) is 0. The van der Waals surface area contributed by atoms with Gasteiger partial charge in [0.25, 0.3) is 17.4 Å². The molecular weight excluding hydrogens is 374 g/mol. The van der Waals surface area contributed by atoms with Gasteiger partial charge in [-0.3, -0.25) is 23.5 Å². The Morgan fingerprint density at radius 3 is 2.15 bits per heavy atom. The number of hydrogen-bond acceptors (Lipinski definition) is 7. The van der Waals surface area contributed by atoms with Crippen LogP contribution in [-0.4, -0.2) is 32.0 Å². The predicted octanol–water partition coefficient (Wildman–Crippen LogP) is 0.667. The minimum Gasteiger partial charge on any atom is -0.323 e. The maximum atomic E-state index is 12.5. The van der Waals surface area contributed by atoms with E-state index in [1.54, 1.807) is 12.1 Å². The van der Waals surface area contributed by atoms with Gasteiger partial charge in [-0.2, -0.15) is 0 Å². The fraction of sp³-hybridized carbons (Fsp3) is 0.118. The normalized spacial score (nSPS) is 13.3. The number of amides is 2. The van der Waals surface area contributed by atoms with Crippen molar-refractivity contribution < 1.29 is 19.2 Å². The number of fused-ring (bicyclic) bond motifs is 2. The van der Waals surface area contributed by atoms with Crippen molar-refractivity contribution in [3.63, 3.8) is 0 Å². The molecule has 2 aromatic heterocycles. The van der Waals surface area contributed by atoms with Gasteiger partial charge in [0.2, 0.25) is 0 Å². The zero-order chi connectivity index (χ0) is 19.5. The first kappa shape index (κ1) is 16.9. The van der Waals surface area contributed by atoms with Crippen LogP contribution in [0.2, 0.25) is 0 Å². The maximum absolute atomic E-state index is 12.5. The molecular formula is C17H11N3O6S. The highest BCUT2D eigenvalue weighted by Crippen LogP contribution is 2.26. The van der Waals surface area contributed by atoms with Crippen LogP contribution >= 0.6 is 11.3 Å². The van der Waals surface area contributed by atoms with Gasteiger partial charge >= 0.3 is 11.7 Å². The number of thiophene rings is 1. The number of imide groups is 1. The highest BCUT2D eigenvalue weighted by Gasteiger charge is 2.39. The first-order valence-corrected chi connectivity index (χ1v) is 8.52. The number of hydroxylamine groups is 2. The molecule has 0 fully saturated rings. The molecule has 1 aliphatic heterocycles. The van der Waals surface area contributed by atoms with Gasteiger partial charge in [-0.25, -0.2) is 9.59 Å². The SMILES string of the molecule is Cn1c(=O)c2cc(C(=O)ON3C(=O)c4ccccc4C3=O)sc2n(C)c1=O. The number of carbonyl (C=O) groups is 3. The van der Waals surface area contributed by atoms with E-state index in [9.17, 15) is 24.0 Å². The molecule has 136 valence electrons. The number of benzene rings is 1. The summed E-state index contributed by atoms with van der Waals surface area (Å²) >= 11 is 0.865. The highest BCUT2D eigenvalue weighted by atomic mass is 32.1. The van der Waals surface area contributed by atoms with Crippen molar-refractivity contribution >= 4 is 39.3 Å². The molecule has 0 saturated carbocycles. The Bertz CT molecular complexity index is 1250. The van der Waals surface area contributed by atoms with Crippen LogP contribution in [0.3, 0.4) is 0 Å². The van der Waals surface area contributed by atoms with Crippen LogP contribution < -0.4 is 11.2 Å². The Morgan fingerprint density at radius 2 is 1.56 bits per heavy atom. The first-order valence-electron chi connectivity index (χ1n) is 7.71. The molecule has 0 radical (unpaired) electrons. The minimum atomic E-state index is -0.972. The first-order chi connectivity index (χ1) is 12.8. The molecule has 9 nitrogen and oxygen atoms in total. The summed E-state index contributed by atoms with van der Waals surface area (Å²) in [5.41, 5.74) is -0.801. The largest absolute Gasteiger partial charge is 0.373 e. The fourth-order valence-corrected chi connectivity index (χ4v) is 3.82. The van der Waals surface area contributed by atoms with Crippen molar-refractivity contribution in [2.45, 2.75) is 0 Å². The summed E-state index contributed by atoms with van der Waals surface area (Å²) in [5.74, 6) is -2.46. The van der Waals surface area contributed by atoms with Crippen LogP contribution in [-0.2, 0) is 18.9 Å². The molecule has 1 aromatic carbocycles. The van der Waals surface area contributed by atoms with Crippen LogP contribution in [0.25, 0.3) is 10.2 Å². The summed E-state index contributed by atoms with van der Waals surface area (Å²) in [5, 5.41) is 0.563. The van der Waals surface area contributed by atoms with Crippen molar-refractivity contribution in [2.24, 2.45) is 14.1 Å². The van der Waals surface area contributed by atoms with Gasteiger partial charge in [0.05, 0.1) is 16.5 Å². The zero-order valence-electron chi connectivity index (χ0n) is 14.1. The lowest BCUT2D eigenvalue weighted by Gasteiger charge is -2.11. The molecule has 1 aliphatic rings. The van der Waals surface area contributed by atoms with Crippen molar-refractivity contribution in [2.75, 3.05) is 0 Å². The quantitative estimate of drug-likeness (QED) is 0.600. The Labute approximate surface area is 154 Å². The molecule has 4 rings (SSSR count). The van der Waals surface area contributed by atoms with Crippen LogP contribution in [0.15, 0.2) is 39.9 Å². The lowest BCUT2D eigenvalue weighted by Crippen LogP contribution is -2.36. The molecule has 2 amide bonds. The lowest BCUT2D eigenvalue weighted by atomic mass is 10.1. The molecule has 0 unspecified atom stereocenters. The molecule has 0 aliphatic carbocycles. The number of nitrogens with zero attached hydrogens (tertiary/aromatic N) is 3. The standard InChI is InChI=1S/C17H11N3O6S/c1-18-12(21)10-7-11(27-15(10)19(2)17(18)25)16(24)26-20-13(22)8-5-3-4-6-9(8)14(20)23/h3-7H,1-2H3. The van der Waals surface area contributed by atoms with Crippen molar-refractivity contribution in [3.05, 3.63) is 67.2 Å². The minimum absolute atomic E-state index is 0.0140. The van der Waals surface area contributed by atoms with E-state index in [1.807, 2.05) is 0 Å². The predicted molar refractivity (Wildman–Crippen MR) is 94.7 cm³/mol. The highest BCUT2D eigenvalue weighted by molar-refractivity contribution is 7.20. The second-order valence-corrected chi connectivity index (χ2v) is 6.89. The summed E-state index contributed by atoms with van der Waals surface area (Å²) < 4.78 is 2.16. The van der Waals surface area contributed by atoms with E-state index in [0.29, 0.717) is 5.06 Å². The lowest BCUT2D eigenvalue weighted by molar-refractivity contribution is -0.0581. The van der Waals surface area contributed by atoms with E-state index < -0.39 is 29.0 Å². The molecule has 10 heteroatoms. The maximum Gasteiger partial charge on any atom is 0.373 e. The van der Waals surface area contributed by atoms with Gasteiger partial charge in [0, 0.05) is 14.1 Å². The average molecular weight is 385 g/mol. The Balaban J connectivity index is 1.71. The third-order valence-corrected chi connectivity index (χ3v) is 5.45. The molecule has 27 heavy (non-hydrogen) atoms. The van der Waals surface area contributed by atoms with Gasteiger partial charge in [-0.1, -0.05) is 17.2 Å². The van der Waals surface area contributed by atoms with Gasteiger partial charge in [-0.05, 0) is 18.2 Å². The van der Waals surface area contributed by atoms with E-state index in [1.165, 1.54) is 36.9 Å². The Morgan fingerprint density at radius 1 is 0.963 bits per heavy atom. The molecule has 0 atom stereocenters. The number of rotatable bonds is 2. The summed E-state index contributed by atoms with van der Waals surface area (Å²) in [6.07, 6.45) is 0. The number of carbonyl (C=O) groups excluding carboxylic acids is 3. The van der Waals surface area contributed by atoms with Crippen LogP contribution in [0.1, 0.15) is 30.4 Å². The second kappa shape index (κ2) is 5.74. The van der Waals surface area contributed by atoms with Crippen molar-refractivity contribution in [1.29, 1.82) is 0 Å². The second-order valence-electron chi connectivity index (χ2n) is 5.86.